The van der Waals surface area contributed by atoms with Crippen molar-refractivity contribution in [3.63, 3.8) is 0 Å². The molecule has 3 aromatic rings. The van der Waals surface area contributed by atoms with E-state index in [0.717, 1.165) is 24.3 Å². The van der Waals surface area contributed by atoms with Crippen LogP contribution < -0.4 is 27.7 Å². The van der Waals surface area contributed by atoms with Crippen LogP contribution in [0.4, 0.5) is 26.3 Å². The molecule has 45 heavy (non-hydrogen) atoms. The summed E-state index contributed by atoms with van der Waals surface area (Å²) < 4.78 is 89.8. The average Bonchev–Trinajstić information content (AvgIpc) is 2.98. The van der Waals surface area contributed by atoms with E-state index >= 15 is 0 Å². The lowest BCUT2D eigenvalue weighted by atomic mass is 9.91. The van der Waals surface area contributed by atoms with Crippen molar-refractivity contribution in [3.8, 4) is 28.0 Å². The number of alkyl halides is 6. The van der Waals surface area contributed by atoms with Crippen LogP contribution in [-0.4, -0.2) is 32.2 Å². The smallest absolute Gasteiger partial charge is 0.416 e. The van der Waals surface area contributed by atoms with Crippen LogP contribution in [0, 0.1) is 0 Å². The predicted octanol–water partition coefficient (Wildman–Crippen LogP) is 7.13. The number of guanidine groups is 1. The Morgan fingerprint density at radius 1 is 0.689 bits per heavy atom. The van der Waals surface area contributed by atoms with E-state index in [1.807, 2.05) is 0 Å². The molecular formula is C33H39F6N5O. The lowest BCUT2D eigenvalue weighted by molar-refractivity contribution is -0.138. The highest BCUT2D eigenvalue weighted by Gasteiger charge is 2.32. The number of unbranched alkanes of at least 4 members (excludes halogenated alkanes) is 1. The van der Waals surface area contributed by atoms with Gasteiger partial charge in [-0.25, -0.2) is 0 Å². The number of aliphatic imine (C=N–C) groups is 1. The minimum atomic E-state index is -4.65. The quantitative estimate of drug-likeness (QED) is 0.0612. The second-order valence-corrected chi connectivity index (χ2v) is 10.7. The Balaban J connectivity index is 2.19. The molecule has 0 aliphatic heterocycles. The largest absolute Gasteiger partial charge is 0.493 e. The lowest BCUT2D eigenvalue weighted by Crippen LogP contribution is -2.23. The summed E-state index contributed by atoms with van der Waals surface area (Å²) in [5, 5.41) is 0. The first-order valence-corrected chi connectivity index (χ1v) is 14.6. The van der Waals surface area contributed by atoms with Gasteiger partial charge in [-0.1, -0.05) is 12.6 Å². The summed E-state index contributed by atoms with van der Waals surface area (Å²) in [6, 6.07) is 12.1. The van der Waals surface area contributed by atoms with Gasteiger partial charge in [-0.15, -0.1) is 0 Å². The van der Waals surface area contributed by atoms with Crippen molar-refractivity contribution >= 4 is 11.5 Å². The van der Waals surface area contributed by atoms with Crippen LogP contribution in [0.15, 0.2) is 66.2 Å². The van der Waals surface area contributed by atoms with E-state index in [0.29, 0.717) is 79.4 Å². The summed E-state index contributed by atoms with van der Waals surface area (Å²) in [7, 11) is 0. The number of benzene rings is 3. The van der Waals surface area contributed by atoms with Crippen LogP contribution >= 0.6 is 0 Å². The minimum Gasteiger partial charge on any atom is -0.493 e. The number of nitrogens with two attached hydrogens (primary N) is 4. The maximum atomic E-state index is 14.0. The van der Waals surface area contributed by atoms with Gasteiger partial charge in [0.2, 0.25) is 0 Å². The number of aryl methyl sites for hydroxylation is 1. The normalized spacial score (nSPS) is 11.8. The first-order valence-electron chi connectivity index (χ1n) is 14.6. The summed E-state index contributed by atoms with van der Waals surface area (Å²) in [5.74, 6) is 0.176. The number of allylic oxidation sites excluding steroid dienone is 1. The standard InChI is InChI=1S/C33H39F6N5O/c1-21(6-4-9-41)23-14-25(18-29(16-23)33(37,38)39)27-15-26(19-30(20-27)45-11-5-10-44-31(42)43)24-12-22(7-2-3-8-40)13-28(17-24)32(34,35)36/h12-20H,1-11,40-41H2,(H4,42,43,44). The van der Waals surface area contributed by atoms with Gasteiger partial charge in [-0.05, 0) is 133 Å². The molecule has 0 radical (unpaired) electrons. The molecule has 0 saturated carbocycles. The first kappa shape index (κ1) is 35.4. The van der Waals surface area contributed by atoms with Crippen LogP contribution in [-0.2, 0) is 18.8 Å². The minimum absolute atomic E-state index is 0.0838. The van der Waals surface area contributed by atoms with Crippen molar-refractivity contribution in [3.05, 3.63) is 83.4 Å². The molecule has 3 aromatic carbocycles. The molecule has 244 valence electrons. The summed E-state index contributed by atoms with van der Waals surface area (Å²) in [6.45, 7) is 5.14. The predicted molar refractivity (Wildman–Crippen MR) is 167 cm³/mol. The van der Waals surface area contributed by atoms with Gasteiger partial charge in [-0.2, -0.15) is 26.3 Å². The lowest BCUT2D eigenvalue weighted by Gasteiger charge is -2.17. The molecule has 3 rings (SSSR count). The van der Waals surface area contributed by atoms with Gasteiger partial charge in [0.1, 0.15) is 5.75 Å². The van der Waals surface area contributed by atoms with Gasteiger partial charge < -0.3 is 27.7 Å². The molecule has 12 heteroatoms. The van der Waals surface area contributed by atoms with Crippen LogP contribution in [0.3, 0.4) is 0 Å². The third-order valence-electron chi connectivity index (χ3n) is 7.03. The molecule has 0 amide bonds. The molecule has 0 saturated heterocycles. The summed E-state index contributed by atoms with van der Waals surface area (Å²) in [6.07, 6.45) is -6.28. The van der Waals surface area contributed by atoms with Gasteiger partial charge >= 0.3 is 12.4 Å². The van der Waals surface area contributed by atoms with Crippen molar-refractivity contribution < 1.29 is 31.1 Å². The highest BCUT2D eigenvalue weighted by molar-refractivity contribution is 5.79. The van der Waals surface area contributed by atoms with Gasteiger partial charge in [0, 0.05) is 13.0 Å². The third-order valence-corrected chi connectivity index (χ3v) is 7.03. The van der Waals surface area contributed by atoms with E-state index in [1.54, 1.807) is 30.3 Å². The fourth-order valence-corrected chi connectivity index (χ4v) is 4.74. The maximum Gasteiger partial charge on any atom is 0.416 e. The van der Waals surface area contributed by atoms with Crippen molar-refractivity contribution in [2.45, 2.75) is 50.9 Å². The van der Waals surface area contributed by atoms with E-state index in [2.05, 4.69) is 11.6 Å². The molecule has 0 unspecified atom stereocenters. The highest BCUT2D eigenvalue weighted by atomic mass is 19.4. The van der Waals surface area contributed by atoms with E-state index in [4.69, 9.17) is 27.7 Å². The second-order valence-electron chi connectivity index (χ2n) is 10.7. The zero-order chi connectivity index (χ0) is 33.2. The Morgan fingerprint density at radius 3 is 1.84 bits per heavy atom. The topological polar surface area (TPSA) is 126 Å². The van der Waals surface area contributed by atoms with Crippen LogP contribution in [0.2, 0.25) is 0 Å². The molecule has 6 nitrogen and oxygen atoms in total. The van der Waals surface area contributed by atoms with Crippen molar-refractivity contribution in [1.29, 1.82) is 0 Å². The molecule has 0 atom stereocenters. The van der Waals surface area contributed by atoms with Gasteiger partial charge in [-0.3, -0.25) is 4.99 Å². The van der Waals surface area contributed by atoms with E-state index < -0.39 is 23.5 Å². The molecule has 0 aromatic heterocycles. The molecule has 0 fully saturated rings. The third kappa shape index (κ3) is 10.8. The number of halogens is 6. The van der Waals surface area contributed by atoms with E-state index in [-0.39, 0.29) is 36.0 Å². The Hall–Kier alpha value is -4.03. The van der Waals surface area contributed by atoms with Gasteiger partial charge in [0.15, 0.2) is 5.96 Å². The van der Waals surface area contributed by atoms with E-state index in [9.17, 15) is 26.3 Å². The number of ether oxygens (including phenoxy) is 1. The van der Waals surface area contributed by atoms with Crippen molar-refractivity contribution in [1.82, 2.24) is 0 Å². The Bertz CT molecular complexity index is 1480. The molecule has 0 bridgehead atoms. The summed E-state index contributed by atoms with van der Waals surface area (Å²) >= 11 is 0. The summed E-state index contributed by atoms with van der Waals surface area (Å²) in [4.78, 5) is 3.89. The number of hydrogen-bond donors (Lipinski definition) is 4. The monoisotopic (exact) mass is 635 g/mol. The Labute approximate surface area is 259 Å². The molecule has 0 heterocycles. The zero-order valence-corrected chi connectivity index (χ0v) is 24.9. The van der Waals surface area contributed by atoms with Crippen LogP contribution in [0.25, 0.3) is 27.8 Å². The highest BCUT2D eigenvalue weighted by Crippen LogP contribution is 2.39. The maximum absolute atomic E-state index is 14.0. The SMILES string of the molecule is C=C(CCCN)c1cc(-c2cc(OCCCN=C(N)N)cc(-c3cc(CCCCN)cc(C(F)(F)F)c3)c2)cc(C(F)(F)F)c1. The second kappa shape index (κ2) is 15.8. The average molecular weight is 636 g/mol. The Morgan fingerprint density at radius 2 is 1.27 bits per heavy atom. The fraction of sp³-hybridized carbons (Fsp3) is 0.364. The Kier molecular flexibility index (Phi) is 12.5. The molecule has 0 spiro atoms. The van der Waals surface area contributed by atoms with Crippen molar-refractivity contribution in [2.24, 2.45) is 27.9 Å². The zero-order valence-electron chi connectivity index (χ0n) is 24.9. The molecule has 0 aliphatic carbocycles. The molecular weight excluding hydrogens is 596 g/mol. The number of nitrogens with zero attached hydrogens (tertiary/aromatic N) is 1. The van der Waals surface area contributed by atoms with Gasteiger partial charge in [0.25, 0.3) is 0 Å². The van der Waals surface area contributed by atoms with Crippen LogP contribution in [0.1, 0.15) is 54.4 Å². The van der Waals surface area contributed by atoms with E-state index in [1.165, 1.54) is 0 Å². The first-order chi connectivity index (χ1) is 21.2. The van der Waals surface area contributed by atoms with Gasteiger partial charge in [0.05, 0.1) is 17.7 Å². The number of hydrogen-bond acceptors (Lipinski definition) is 4. The van der Waals surface area contributed by atoms with Crippen LogP contribution in [0.5, 0.6) is 5.75 Å². The fourth-order valence-electron chi connectivity index (χ4n) is 4.74. The number of rotatable bonds is 15. The summed E-state index contributed by atoms with van der Waals surface area (Å²) in [5.41, 5.74) is 22.5. The van der Waals surface area contributed by atoms with Crippen molar-refractivity contribution in [2.75, 3.05) is 26.2 Å². The molecule has 8 N–H and O–H groups in total. The molecule has 0 aliphatic rings.